The third-order valence-corrected chi connectivity index (χ3v) is 2.04. The smallest absolute Gasteiger partial charge is 0.339 e. The van der Waals surface area contributed by atoms with Gasteiger partial charge in [-0.25, -0.2) is 4.79 Å². The van der Waals surface area contributed by atoms with E-state index in [1.54, 1.807) is 19.1 Å². The highest BCUT2D eigenvalue weighted by molar-refractivity contribution is 6.17. The predicted molar refractivity (Wildman–Crippen MR) is 54.1 cm³/mol. The maximum atomic E-state index is 10.8. The third kappa shape index (κ3) is 2.39. The number of ether oxygens (including phenoxy) is 1. The molecule has 0 spiro atoms. The lowest BCUT2D eigenvalue weighted by Gasteiger charge is -2.07. The Bertz CT molecular complexity index is 336. The van der Waals surface area contributed by atoms with Crippen LogP contribution in [0.2, 0.25) is 0 Å². The molecule has 0 aliphatic carbocycles. The maximum absolute atomic E-state index is 10.8. The first kappa shape index (κ1) is 10.9. The molecule has 0 amide bonds. The number of carboxylic acid groups (broad SMARTS) is 1. The van der Waals surface area contributed by atoms with Crippen LogP contribution in [0.4, 0.5) is 0 Å². The molecule has 76 valence electrons. The van der Waals surface area contributed by atoms with Crippen LogP contribution in [-0.2, 0) is 5.88 Å². The monoisotopic (exact) mass is 214 g/mol. The highest BCUT2D eigenvalue weighted by Crippen LogP contribution is 2.21. The number of benzene rings is 1. The van der Waals surface area contributed by atoms with Gasteiger partial charge in [-0.05, 0) is 24.6 Å². The van der Waals surface area contributed by atoms with Crippen LogP contribution in [0.1, 0.15) is 22.8 Å². The second-order valence-corrected chi connectivity index (χ2v) is 2.97. The van der Waals surface area contributed by atoms with E-state index in [0.29, 0.717) is 18.2 Å². The lowest BCUT2D eigenvalue weighted by Crippen LogP contribution is -2.03. The number of rotatable bonds is 4. The quantitative estimate of drug-likeness (QED) is 0.784. The molecule has 1 aromatic carbocycles. The summed E-state index contributed by atoms with van der Waals surface area (Å²) >= 11 is 5.60. The molecule has 0 saturated carbocycles. The standard InChI is InChI=1S/C10H11ClO3/c1-2-14-9-4-3-7(6-11)5-8(9)10(12)13/h3-5H,2,6H2,1H3,(H,12,13). The number of hydrogen-bond donors (Lipinski definition) is 1. The number of carbonyl (C=O) groups is 1. The molecule has 0 fully saturated rings. The fourth-order valence-corrected chi connectivity index (χ4v) is 1.27. The molecule has 0 unspecified atom stereocenters. The van der Waals surface area contributed by atoms with Crippen molar-refractivity contribution >= 4 is 17.6 Å². The van der Waals surface area contributed by atoms with Crippen LogP contribution in [-0.4, -0.2) is 17.7 Å². The maximum Gasteiger partial charge on any atom is 0.339 e. The summed E-state index contributed by atoms with van der Waals surface area (Å²) in [5.41, 5.74) is 0.928. The Balaban J connectivity index is 3.10. The second kappa shape index (κ2) is 4.86. The van der Waals surface area contributed by atoms with Crippen molar-refractivity contribution in [2.75, 3.05) is 6.61 Å². The first-order valence-corrected chi connectivity index (χ1v) is 4.77. The minimum absolute atomic E-state index is 0.157. The van der Waals surface area contributed by atoms with E-state index in [0.717, 1.165) is 5.56 Å². The lowest BCUT2D eigenvalue weighted by atomic mass is 10.1. The van der Waals surface area contributed by atoms with Crippen LogP contribution in [0.15, 0.2) is 18.2 Å². The first-order valence-electron chi connectivity index (χ1n) is 4.24. The fraction of sp³-hybridized carbons (Fsp3) is 0.300. The summed E-state index contributed by atoms with van der Waals surface area (Å²) in [5.74, 6) is -0.318. The first-order chi connectivity index (χ1) is 6.69. The molecule has 1 rings (SSSR count). The van der Waals surface area contributed by atoms with Crippen molar-refractivity contribution in [2.24, 2.45) is 0 Å². The number of carboxylic acids is 1. The second-order valence-electron chi connectivity index (χ2n) is 2.70. The van der Waals surface area contributed by atoms with E-state index in [-0.39, 0.29) is 5.56 Å². The predicted octanol–water partition coefficient (Wildman–Crippen LogP) is 2.52. The van der Waals surface area contributed by atoms with Crippen LogP contribution in [0.25, 0.3) is 0 Å². The summed E-state index contributed by atoms with van der Waals surface area (Å²) in [6, 6.07) is 4.91. The van der Waals surface area contributed by atoms with Crippen molar-refractivity contribution in [3.63, 3.8) is 0 Å². The molecule has 0 radical (unpaired) electrons. The average Bonchev–Trinajstić information content (AvgIpc) is 2.18. The Kier molecular flexibility index (Phi) is 3.77. The van der Waals surface area contributed by atoms with Crippen LogP contribution in [0.5, 0.6) is 5.75 Å². The van der Waals surface area contributed by atoms with Crippen molar-refractivity contribution in [1.29, 1.82) is 0 Å². The van der Waals surface area contributed by atoms with Crippen LogP contribution in [0, 0.1) is 0 Å². The molecule has 0 aliphatic heterocycles. The average molecular weight is 215 g/mol. The van der Waals surface area contributed by atoms with Crippen LogP contribution in [0.3, 0.4) is 0 Å². The molecule has 0 heterocycles. The Hall–Kier alpha value is -1.22. The van der Waals surface area contributed by atoms with Crippen LogP contribution < -0.4 is 4.74 Å². The van der Waals surface area contributed by atoms with Gasteiger partial charge in [0, 0.05) is 5.88 Å². The number of halogens is 1. The molecule has 3 nitrogen and oxygen atoms in total. The Morgan fingerprint density at radius 2 is 2.29 bits per heavy atom. The highest BCUT2D eigenvalue weighted by Gasteiger charge is 2.11. The van der Waals surface area contributed by atoms with E-state index in [1.165, 1.54) is 6.07 Å². The van der Waals surface area contributed by atoms with Crippen molar-refractivity contribution in [2.45, 2.75) is 12.8 Å². The summed E-state index contributed by atoms with van der Waals surface area (Å²) in [5, 5.41) is 8.89. The molecule has 0 aliphatic rings. The van der Waals surface area contributed by atoms with E-state index >= 15 is 0 Å². The van der Waals surface area contributed by atoms with E-state index in [1.807, 2.05) is 0 Å². The minimum atomic E-state index is -1.000. The van der Waals surface area contributed by atoms with Gasteiger partial charge in [-0.15, -0.1) is 11.6 Å². The van der Waals surface area contributed by atoms with Gasteiger partial charge in [-0.2, -0.15) is 0 Å². The molecule has 0 atom stereocenters. The Morgan fingerprint density at radius 1 is 1.57 bits per heavy atom. The zero-order valence-electron chi connectivity index (χ0n) is 7.79. The normalized spacial score (nSPS) is 9.86. The fourth-order valence-electron chi connectivity index (χ4n) is 1.11. The summed E-state index contributed by atoms with van der Waals surface area (Å²) in [4.78, 5) is 10.8. The molecular weight excluding hydrogens is 204 g/mol. The zero-order valence-corrected chi connectivity index (χ0v) is 8.54. The summed E-state index contributed by atoms with van der Waals surface area (Å²) in [6.07, 6.45) is 0. The summed E-state index contributed by atoms with van der Waals surface area (Å²) < 4.78 is 5.17. The van der Waals surface area contributed by atoms with Gasteiger partial charge >= 0.3 is 5.97 Å². The minimum Gasteiger partial charge on any atom is -0.493 e. The number of hydrogen-bond acceptors (Lipinski definition) is 2. The van der Waals surface area contributed by atoms with Gasteiger partial charge in [0.05, 0.1) is 6.61 Å². The van der Waals surface area contributed by atoms with Gasteiger partial charge in [0.2, 0.25) is 0 Å². The Morgan fingerprint density at radius 3 is 2.79 bits per heavy atom. The van der Waals surface area contributed by atoms with Crippen molar-refractivity contribution in [3.05, 3.63) is 29.3 Å². The van der Waals surface area contributed by atoms with Crippen molar-refractivity contribution in [3.8, 4) is 5.75 Å². The summed E-state index contributed by atoms with van der Waals surface area (Å²) in [7, 11) is 0. The topological polar surface area (TPSA) is 46.5 Å². The molecule has 14 heavy (non-hydrogen) atoms. The van der Waals surface area contributed by atoms with Gasteiger partial charge in [-0.3, -0.25) is 0 Å². The Labute approximate surface area is 87.3 Å². The van der Waals surface area contributed by atoms with E-state index < -0.39 is 5.97 Å². The van der Waals surface area contributed by atoms with Gasteiger partial charge in [0.1, 0.15) is 11.3 Å². The van der Waals surface area contributed by atoms with Crippen LogP contribution >= 0.6 is 11.6 Å². The van der Waals surface area contributed by atoms with Gasteiger partial charge < -0.3 is 9.84 Å². The highest BCUT2D eigenvalue weighted by atomic mass is 35.5. The number of alkyl halides is 1. The van der Waals surface area contributed by atoms with E-state index in [2.05, 4.69) is 0 Å². The van der Waals surface area contributed by atoms with E-state index in [9.17, 15) is 4.79 Å². The molecule has 0 aromatic heterocycles. The SMILES string of the molecule is CCOc1ccc(CCl)cc1C(=O)O. The van der Waals surface area contributed by atoms with E-state index in [4.69, 9.17) is 21.4 Å². The lowest BCUT2D eigenvalue weighted by molar-refractivity contribution is 0.0692. The van der Waals surface area contributed by atoms with Crippen molar-refractivity contribution in [1.82, 2.24) is 0 Å². The van der Waals surface area contributed by atoms with Crippen molar-refractivity contribution < 1.29 is 14.6 Å². The molecule has 4 heteroatoms. The van der Waals surface area contributed by atoms with Gasteiger partial charge in [0.15, 0.2) is 0 Å². The third-order valence-electron chi connectivity index (χ3n) is 1.73. The largest absolute Gasteiger partial charge is 0.493 e. The molecular formula is C10H11ClO3. The number of aromatic carboxylic acids is 1. The molecule has 1 aromatic rings. The van der Waals surface area contributed by atoms with Gasteiger partial charge in [0.25, 0.3) is 0 Å². The zero-order chi connectivity index (χ0) is 10.6. The molecule has 0 bridgehead atoms. The molecule has 1 N–H and O–H groups in total. The van der Waals surface area contributed by atoms with Gasteiger partial charge in [-0.1, -0.05) is 6.07 Å². The molecule has 0 saturated heterocycles. The summed E-state index contributed by atoms with van der Waals surface area (Å²) in [6.45, 7) is 2.25.